The van der Waals surface area contributed by atoms with Crippen molar-refractivity contribution in [3.8, 4) is 23.0 Å². The van der Waals surface area contributed by atoms with E-state index in [0.717, 1.165) is 0 Å². The maximum Gasteiger partial charge on any atom is 0.331 e. The van der Waals surface area contributed by atoms with E-state index in [-0.39, 0.29) is 0 Å². The number of amides is 2. The minimum atomic E-state index is -1.01. The SMILES string of the molecule is C=CCOc1c(Br)cc(/C=N\NC(=O)C(=O)N/N=C/c2cc(Br)c(OCC=C)c(OC)c2)cc1OC. The lowest BCUT2D eigenvalue weighted by Crippen LogP contribution is -2.35. The molecule has 10 nitrogen and oxygen atoms in total. The van der Waals surface area contributed by atoms with Crippen LogP contribution in [0, 0.1) is 0 Å². The molecule has 0 unspecified atom stereocenters. The monoisotopic (exact) mass is 622 g/mol. The summed E-state index contributed by atoms with van der Waals surface area (Å²) in [4.78, 5) is 24.0. The Kier molecular flexibility index (Phi) is 11.7. The topological polar surface area (TPSA) is 120 Å². The third-order valence-electron chi connectivity index (χ3n) is 4.16. The van der Waals surface area contributed by atoms with Gasteiger partial charge in [0.2, 0.25) is 0 Å². The Morgan fingerprint density at radius 1 is 0.806 bits per heavy atom. The van der Waals surface area contributed by atoms with Crippen molar-refractivity contribution in [2.75, 3.05) is 27.4 Å². The molecule has 2 N–H and O–H groups in total. The fourth-order valence-electron chi connectivity index (χ4n) is 2.63. The van der Waals surface area contributed by atoms with Crippen LogP contribution in [0.25, 0.3) is 0 Å². The number of nitrogens with one attached hydrogen (secondary N) is 2. The maximum atomic E-state index is 12.0. The molecular weight excluding hydrogens is 600 g/mol. The molecule has 190 valence electrons. The van der Waals surface area contributed by atoms with E-state index in [1.165, 1.54) is 26.6 Å². The van der Waals surface area contributed by atoms with Gasteiger partial charge in [-0.15, -0.1) is 0 Å². The molecule has 0 aliphatic rings. The Bertz CT molecular complexity index is 1090. The summed E-state index contributed by atoms with van der Waals surface area (Å²) < 4.78 is 23.0. The van der Waals surface area contributed by atoms with Crippen LogP contribution in [0.5, 0.6) is 23.0 Å². The molecule has 0 radical (unpaired) electrons. The van der Waals surface area contributed by atoms with Crippen LogP contribution < -0.4 is 29.8 Å². The molecule has 0 aliphatic carbocycles. The number of rotatable bonds is 12. The molecule has 12 heteroatoms. The van der Waals surface area contributed by atoms with Crippen LogP contribution in [-0.4, -0.2) is 51.7 Å². The van der Waals surface area contributed by atoms with Crippen LogP contribution in [0.2, 0.25) is 0 Å². The van der Waals surface area contributed by atoms with Gasteiger partial charge in [0.25, 0.3) is 0 Å². The van der Waals surface area contributed by atoms with Gasteiger partial charge in [-0.3, -0.25) is 9.59 Å². The van der Waals surface area contributed by atoms with Crippen LogP contribution in [0.15, 0.2) is 68.7 Å². The highest BCUT2D eigenvalue weighted by atomic mass is 79.9. The average molecular weight is 624 g/mol. The number of hydrogen-bond acceptors (Lipinski definition) is 8. The van der Waals surface area contributed by atoms with Crippen LogP contribution in [-0.2, 0) is 9.59 Å². The van der Waals surface area contributed by atoms with Gasteiger partial charge in [-0.25, -0.2) is 10.9 Å². The van der Waals surface area contributed by atoms with Crippen molar-refractivity contribution >= 4 is 56.1 Å². The van der Waals surface area contributed by atoms with Gasteiger partial charge in [-0.1, -0.05) is 25.3 Å². The summed E-state index contributed by atoms with van der Waals surface area (Å²) in [5.41, 5.74) is 5.44. The van der Waals surface area contributed by atoms with Crippen molar-refractivity contribution in [2.24, 2.45) is 10.2 Å². The lowest BCUT2D eigenvalue weighted by atomic mass is 10.2. The molecule has 2 rings (SSSR count). The quantitative estimate of drug-likeness (QED) is 0.160. The van der Waals surface area contributed by atoms with Crippen LogP contribution in [0.1, 0.15) is 11.1 Å². The smallest absolute Gasteiger partial charge is 0.331 e. The Balaban J connectivity index is 1.98. The molecule has 0 bridgehead atoms. The minimum absolute atomic E-state index is 0.302. The molecule has 0 spiro atoms. The first-order valence-corrected chi connectivity index (χ1v) is 11.8. The van der Waals surface area contributed by atoms with E-state index in [1.807, 2.05) is 0 Å². The molecule has 0 saturated carbocycles. The second kappa shape index (κ2) is 14.7. The van der Waals surface area contributed by atoms with E-state index in [1.54, 1.807) is 36.4 Å². The maximum absolute atomic E-state index is 12.0. The minimum Gasteiger partial charge on any atom is -0.493 e. The summed E-state index contributed by atoms with van der Waals surface area (Å²) in [6.45, 7) is 7.82. The molecule has 0 aliphatic heterocycles. The summed E-state index contributed by atoms with van der Waals surface area (Å²) in [6, 6.07) is 6.73. The molecule has 0 aromatic heterocycles. The number of ether oxygens (including phenoxy) is 4. The molecule has 0 atom stereocenters. The van der Waals surface area contributed by atoms with Gasteiger partial charge in [-0.2, -0.15) is 10.2 Å². The Morgan fingerprint density at radius 2 is 1.19 bits per heavy atom. The highest BCUT2D eigenvalue weighted by molar-refractivity contribution is 9.11. The first-order chi connectivity index (χ1) is 17.3. The van der Waals surface area contributed by atoms with Crippen molar-refractivity contribution in [3.63, 3.8) is 0 Å². The van der Waals surface area contributed by atoms with Gasteiger partial charge in [0.05, 0.1) is 35.6 Å². The summed E-state index contributed by atoms with van der Waals surface area (Å²) in [7, 11) is 2.99. The van der Waals surface area contributed by atoms with Crippen LogP contribution in [0.3, 0.4) is 0 Å². The second-order valence-corrected chi connectivity index (χ2v) is 8.37. The molecule has 0 fully saturated rings. The van der Waals surface area contributed by atoms with Gasteiger partial charge < -0.3 is 18.9 Å². The Morgan fingerprint density at radius 3 is 1.53 bits per heavy atom. The summed E-state index contributed by atoms with van der Waals surface area (Å²) in [5, 5.41) is 7.58. The highest BCUT2D eigenvalue weighted by Gasteiger charge is 2.14. The van der Waals surface area contributed by atoms with Gasteiger partial charge in [0.1, 0.15) is 13.2 Å². The first kappa shape index (κ1) is 28.6. The standard InChI is InChI=1S/C24H24Br2N4O6/c1-5-7-35-21-17(25)9-15(11-19(21)33-3)13-27-29-23(31)24(32)30-28-14-16-10-18(26)22(36-8-6-2)20(12-16)34-4/h5-6,9-14H,1-2,7-8H2,3-4H3,(H,29,31)(H,30,32)/b27-13-,28-14+. The van der Waals surface area contributed by atoms with Gasteiger partial charge in [0, 0.05) is 0 Å². The third-order valence-corrected chi connectivity index (χ3v) is 5.34. The normalized spacial score (nSPS) is 10.7. The van der Waals surface area contributed by atoms with E-state index in [9.17, 15) is 9.59 Å². The van der Waals surface area contributed by atoms with Crippen molar-refractivity contribution in [1.29, 1.82) is 0 Å². The lowest BCUT2D eigenvalue weighted by Gasteiger charge is -2.12. The molecule has 2 aromatic carbocycles. The Hall–Kier alpha value is -3.64. The number of hydrogen-bond donors (Lipinski definition) is 2. The molecule has 36 heavy (non-hydrogen) atoms. The number of hydrazone groups is 2. The van der Waals surface area contributed by atoms with Gasteiger partial charge in [-0.05, 0) is 67.3 Å². The van der Waals surface area contributed by atoms with Crippen molar-refractivity contribution < 1.29 is 28.5 Å². The van der Waals surface area contributed by atoms with E-state index < -0.39 is 11.8 Å². The molecule has 0 saturated heterocycles. The van der Waals surface area contributed by atoms with Crippen molar-refractivity contribution in [3.05, 3.63) is 69.6 Å². The fourth-order valence-corrected chi connectivity index (χ4v) is 3.77. The van der Waals surface area contributed by atoms with E-state index in [2.05, 4.69) is 66.1 Å². The highest BCUT2D eigenvalue weighted by Crippen LogP contribution is 2.37. The fraction of sp³-hybridized carbons (Fsp3) is 0.167. The number of carbonyl (C=O) groups is 2. The van der Waals surface area contributed by atoms with Crippen molar-refractivity contribution in [1.82, 2.24) is 10.9 Å². The van der Waals surface area contributed by atoms with Crippen LogP contribution in [0.4, 0.5) is 0 Å². The molecule has 2 amide bonds. The zero-order valence-electron chi connectivity index (χ0n) is 19.5. The van der Waals surface area contributed by atoms with E-state index in [0.29, 0.717) is 56.3 Å². The molecular formula is C24H24Br2N4O6. The second-order valence-electron chi connectivity index (χ2n) is 6.67. The first-order valence-electron chi connectivity index (χ1n) is 10.2. The van der Waals surface area contributed by atoms with Gasteiger partial charge >= 0.3 is 11.8 Å². The summed E-state index contributed by atoms with van der Waals surface area (Å²) >= 11 is 6.80. The Labute approximate surface area is 225 Å². The van der Waals surface area contributed by atoms with Crippen LogP contribution >= 0.6 is 31.9 Å². The number of benzene rings is 2. The average Bonchev–Trinajstić information content (AvgIpc) is 2.86. The predicted octanol–water partition coefficient (Wildman–Crippen LogP) is 3.96. The number of halogens is 2. The number of nitrogens with zero attached hydrogens (tertiary/aromatic N) is 2. The number of carbonyl (C=O) groups excluding carboxylic acids is 2. The number of methoxy groups -OCH3 is 2. The lowest BCUT2D eigenvalue weighted by molar-refractivity contribution is -0.139. The largest absolute Gasteiger partial charge is 0.493 e. The summed E-state index contributed by atoms with van der Waals surface area (Å²) in [5.74, 6) is -0.109. The summed E-state index contributed by atoms with van der Waals surface area (Å²) in [6.07, 6.45) is 5.91. The zero-order chi connectivity index (χ0) is 26.5. The van der Waals surface area contributed by atoms with E-state index >= 15 is 0 Å². The van der Waals surface area contributed by atoms with E-state index in [4.69, 9.17) is 18.9 Å². The van der Waals surface area contributed by atoms with Gasteiger partial charge in [0.15, 0.2) is 23.0 Å². The molecule has 0 heterocycles. The predicted molar refractivity (Wildman–Crippen MR) is 144 cm³/mol. The van der Waals surface area contributed by atoms with Crippen molar-refractivity contribution in [2.45, 2.75) is 0 Å². The third kappa shape index (κ3) is 8.24. The molecule has 2 aromatic rings. The zero-order valence-corrected chi connectivity index (χ0v) is 22.7.